The minimum Gasteiger partial charge on any atom is -0.495 e. The zero-order valence-corrected chi connectivity index (χ0v) is 12.1. The average molecular weight is 339 g/mol. The van der Waals surface area contributed by atoms with Crippen molar-refractivity contribution in [3.8, 4) is 5.75 Å². The monoisotopic (exact) mass is 337 g/mol. The Bertz CT molecular complexity index is 467. The lowest BCUT2D eigenvalue weighted by Crippen LogP contribution is -2.24. The summed E-state index contributed by atoms with van der Waals surface area (Å²) in [5.41, 5.74) is 0.639. The van der Waals surface area contributed by atoms with Crippen molar-refractivity contribution >= 4 is 50.7 Å². The largest absolute Gasteiger partial charge is 0.495 e. The van der Waals surface area contributed by atoms with E-state index in [1.807, 2.05) is 0 Å². The van der Waals surface area contributed by atoms with Crippen LogP contribution in [0, 0.1) is 0 Å². The van der Waals surface area contributed by atoms with Gasteiger partial charge in [0.2, 0.25) is 5.91 Å². The van der Waals surface area contributed by atoms with Gasteiger partial charge in [-0.05, 0) is 22.0 Å². The van der Waals surface area contributed by atoms with Crippen molar-refractivity contribution in [2.24, 2.45) is 0 Å². The molecule has 1 aliphatic rings. The molecule has 0 N–H and O–H groups in total. The minimum absolute atomic E-state index is 0.0173. The molecule has 0 aliphatic carbocycles. The van der Waals surface area contributed by atoms with Gasteiger partial charge in [0.1, 0.15) is 5.75 Å². The highest BCUT2D eigenvalue weighted by atomic mass is 79.9. The molecule has 0 aromatic heterocycles. The van der Waals surface area contributed by atoms with Crippen LogP contribution in [0.1, 0.15) is 6.42 Å². The Balaban J connectivity index is 2.41. The first-order chi connectivity index (χ1) is 8.02. The van der Waals surface area contributed by atoms with Gasteiger partial charge in [-0.3, -0.25) is 4.79 Å². The Morgan fingerprint density at radius 1 is 1.53 bits per heavy atom. The summed E-state index contributed by atoms with van der Waals surface area (Å²) in [5.74, 6) is 0.617. The second-order valence-electron chi connectivity index (χ2n) is 3.74. The molecule has 0 radical (unpaired) electrons. The number of methoxy groups -OCH3 is 1. The van der Waals surface area contributed by atoms with Gasteiger partial charge >= 0.3 is 0 Å². The molecule has 1 heterocycles. The number of hydrogen-bond donors (Lipinski definition) is 0. The third-order valence-electron chi connectivity index (χ3n) is 2.59. The molecule has 1 fully saturated rings. The molecule has 92 valence electrons. The first-order valence-electron chi connectivity index (χ1n) is 5.00. The quantitative estimate of drug-likeness (QED) is 0.773. The van der Waals surface area contributed by atoms with E-state index in [-0.39, 0.29) is 11.3 Å². The molecule has 1 aliphatic heterocycles. The van der Waals surface area contributed by atoms with Gasteiger partial charge in [-0.25, -0.2) is 0 Å². The lowest BCUT2D eigenvalue weighted by atomic mass is 10.2. The molecule has 0 saturated carbocycles. The van der Waals surface area contributed by atoms with Gasteiger partial charge in [0, 0.05) is 19.0 Å². The molecule has 1 aromatic carbocycles. The number of carbonyl (C=O) groups is 1. The molecule has 1 saturated heterocycles. The predicted molar refractivity (Wildman–Crippen MR) is 72.3 cm³/mol. The van der Waals surface area contributed by atoms with Crippen LogP contribution in [0.25, 0.3) is 0 Å². The number of nitrogens with zero attached hydrogens (tertiary/aromatic N) is 1. The second-order valence-corrected chi connectivity index (χ2v) is 5.62. The van der Waals surface area contributed by atoms with Crippen molar-refractivity contribution in [3.05, 3.63) is 21.6 Å². The Labute approximate surface area is 118 Å². The minimum atomic E-state index is -0.159. The van der Waals surface area contributed by atoms with Crippen LogP contribution in [0.4, 0.5) is 5.69 Å². The Morgan fingerprint density at radius 3 is 2.76 bits per heavy atom. The summed E-state index contributed by atoms with van der Waals surface area (Å²) in [7, 11) is 1.56. The smallest absolute Gasteiger partial charge is 0.228 e. The van der Waals surface area contributed by atoms with Crippen LogP contribution in [-0.4, -0.2) is 24.9 Å². The van der Waals surface area contributed by atoms with Crippen LogP contribution in [0.15, 0.2) is 16.6 Å². The normalized spacial score (nSPS) is 19.9. The topological polar surface area (TPSA) is 29.5 Å². The summed E-state index contributed by atoms with van der Waals surface area (Å²) in [6, 6.07) is 3.45. The van der Waals surface area contributed by atoms with Crippen LogP contribution < -0.4 is 9.64 Å². The molecule has 1 aromatic rings. The summed E-state index contributed by atoms with van der Waals surface area (Å²) in [4.78, 5) is 13.3. The van der Waals surface area contributed by atoms with Gasteiger partial charge in [-0.2, -0.15) is 0 Å². The molecule has 3 nitrogen and oxygen atoms in total. The average Bonchev–Trinajstić information content (AvgIpc) is 2.58. The van der Waals surface area contributed by atoms with Gasteiger partial charge in [0.15, 0.2) is 0 Å². The third-order valence-corrected chi connectivity index (χ3v) is 3.80. The fourth-order valence-corrected chi connectivity index (χ4v) is 2.95. The number of anilines is 1. The van der Waals surface area contributed by atoms with Crippen molar-refractivity contribution in [2.45, 2.75) is 11.8 Å². The van der Waals surface area contributed by atoms with Crippen molar-refractivity contribution in [1.82, 2.24) is 0 Å². The van der Waals surface area contributed by atoms with Crippen LogP contribution in [-0.2, 0) is 4.79 Å². The fraction of sp³-hybridized carbons (Fsp3) is 0.364. The highest BCUT2D eigenvalue weighted by Gasteiger charge is 2.30. The van der Waals surface area contributed by atoms with Crippen molar-refractivity contribution in [3.63, 3.8) is 0 Å². The second kappa shape index (κ2) is 5.04. The number of rotatable bonds is 2. The van der Waals surface area contributed by atoms with Crippen LogP contribution in [0.5, 0.6) is 5.75 Å². The van der Waals surface area contributed by atoms with E-state index >= 15 is 0 Å². The number of halogens is 3. The van der Waals surface area contributed by atoms with Crippen molar-refractivity contribution < 1.29 is 9.53 Å². The molecule has 0 spiro atoms. The van der Waals surface area contributed by atoms with E-state index in [2.05, 4.69) is 15.9 Å². The summed E-state index contributed by atoms with van der Waals surface area (Å²) in [6.45, 7) is 0.477. The van der Waals surface area contributed by atoms with E-state index in [4.69, 9.17) is 27.9 Å². The Kier molecular flexibility index (Phi) is 3.85. The molecule has 0 bridgehead atoms. The van der Waals surface area contributed by atoms with Gasteiger partial charge in [0.25, 0.3) is 0 Å². The van der Waals surface area contributed by atoms with Gasteiger partial charge in [-0.15, -0.1) is 11.6 Å². The summed E-state index contributed by atoms with van der Waals surface area (Å²) >= 11 is 15.4. The first-order valence-corrected chi connectivity index (χ1v) is 6.61. The molecular formula is C11H10BrCl2NO2. The van der Waals surface area contributed by atoms with E-state index < -0.39 is 0 Å². The molecule has 17 heavy (non-hydrogen) atoms. The van der Waals surface area contributed by atoms with Crippen LogP contribution >= 0.6 is 39.1 Å². The zero-order chi connectivity index (χ0) is 12.6. The van der Waals surface area contributed by atoms with E-state index in [1.54, 1.807) is 24.1 Å². The standard InChI is InChI=1S/C11H10BrCl2NO2/c1-17-10-4-9(8(14)3-7(10)12)15-5-6(13)2-11(15)16/h3-4,6H,2,5H2,1H3. The van der Waals surface area contributed by atoms with E-state index in [9.17, 15) is 4.79 Å². The zero-order valence-electron chi connectivity index (χ0n) is 9.04. The van der Waals surface area contributed by atoms with E-state index in [1.165, 1.54) is 0 Å². The number of hydrogen-bond acceptors (Lipinski definition) is 2. The molecule has 6 heteroatoms. The molecule has 1 atom stereocenters. The molecule has 2 rings (SSSR count). The van der Waals surface area contributed by atoms with E-state index in [0.29, 0.717) is 29.4 Å². The SMILES string of the molecule is COc1cc(N2CC(Cl)CC2=O)c(Cl)cc1Br. The van der Waals surface area contributed by atoms with Gasteiger partial charge in [0.05, 0.1) is 27.7 Å². The Hall–Kier alpha value is -0.450. The number of amides is 1. The lowest BCUT2D eigenvalue weighted by molar-refractivity contribution is -0.117. The van der Waals surface area contributed by atoms with E-state index in [0.717, 1.165) is 4.47 Å². The summed E-state index contributed by atoms with van der Waals surface area (Å²) < 4.78 is 5.94. The molecule has 1 amide bonds. The number of carbonyl (C=O) groups excluding carboxylic acids is 1. The summed E-state index contributed by atoms with van der Waals surface area (Å²) in [6.07, 6.45) is 0.344. The van der Waals surface area contributed by atoms with Crippen molar-refractivity contribution in [1.29, 1.82) is 0 Å². The van der Waals surface area contributed by atoms with Crippen molar-refractivity contribution in [2.75, 3.05) is 18.6 Å². The maximum atomic E-state index is 11.8. The van der Waals surface area contributed by atoms with Gasteiger partial charge < -0.3 is 9.64 Å². The van der Waals surface area contributed by atoms with Gasteiger partial charge in [-0.1, -0.05) is 11.6 Å². The first kappa shape index (κ1) is 13.0. The highest BCUT2D eigenvalue weighted by molar-refractivity contribution is 9.10. The van der Waals surface area contributed by atoms with Crippen LogP contribution in [0.3, 0.4) is 0 Å². The maximum absolute atomic E-state index is 11.8. The summed E-state index contributed by atoms with van der Waals surface area (Å²) in [5, 5.41) is 0.338. The van der Waals surface area contributed by atoms with Crippen LogP contribution in [0.2, 0.25) is 5.02 Å². The number of benzene rings is 1. The number of ether oxygens (including phenoxy) is 1. The molecular weight excluding hydrogens is 329 g/mol. The fourth-order valence-electron chi connectivity index (χ4n) is 1.78. The lowest BCUT2D eigenvalue weighted by Gasteiger charge is -2.19. The Morgan fingerprint density at radius 2 is 2.24 bits per heavy atom. The maximum Gasteiger partial charge on any atom is 0.228 e. The highest BCUT2D eigenvalue weighted by Crippen LogP contribution is 2.38. The predicted octanol–water partition coefficient (Wildman–Crippen LogP) is 3.46. The third kappa shape index (κ3) is 2.54. The number of alkyl halides is 1. The molecule has 1 unspecified atom stereocenters.